The number of thiazole rings is 1. The second-order valence-corrected chi connectivity index (χ2v) is 8.14. The Kier molecular flexibility index (Phi) is 6.39. The molecule has 0 unspecified atom stereocenters. The van der Waals surface area contributed by atoms with Crippen LogP contribution in [0, 0.1) is 0 Å². The highest BCUT2D eigenvalue weighted by Crippen LogP contribution is 2.36. The van der Waals surface area contributed by atoms with Gasteiger partial charge in [0.05, 0.1) is 11.4 Å². The van der Waals surface area contributed by atoms with Gasteiger partial charge in [-0.25, -0.2) is 4.98 Å². The van der Waals surface area contributed by atoms with Crippen molar-refractivity contribution in [3.63, 3.8) is 0 Å². The lowest BCUT2D eigenvalue weighted by molar-refractivity contribution is -0.121. The smallest absolute Gasteiger partial charge is 0.265 e. The standard InChI is InChI=1S/C22H20ClN3O4S/c1-2-9-26-18-10-14(3-8-19(18)30-12-21(26)28)17-13-31-22(24-17)25-20(27)11-29-16-6-4-15(23)5-7-16/h3-8,10,13H,2,9,11-12H2,1H3,(H,24,25,27). The number of nitrogens with zero attached hydrogens (tertiary/aromatic N) is 2. The molecule has 1 aliphatic rings. The molecule has 0 radical (unpaired) electrons. The second kappa shape index (κ2) is 9.36. The first-order chi connectivity index (χ1) is 15.0. The molecule has 1 aliphatic heterocycles. The number of anilines is 2. The molecule has 2 heterocycles. The lowest BCUT2D eigenvalue weighted by Gasteiger charge is -2.29. The summed E-state index contributed by atoms with van der Waals surface area (Å²) >= 11 is 7.15. The zero-order chi connectivity index (χ0) is 21.8. The van der Waals surface area contributed by atoms with Gasteiger partial charge in [-0.2, -0.15) is 0 Å². The summed E-state index contributed by atoms with van der Waals surface area (Å²) in [6.07, 6.45) is 0.848. The summed E-state index contributed by atoms with van der Waals surface area (Å²) in [6, 6.07) is 12.4. The first-order valence-electron chi connectivity index (χ1n) is 9.75. The summed E-state index contributed by atoms with van der Waals surface area (Å²) in [5.41, 5.74) is 2.29. The van der Waals surface area contributed by atoms with Crippen LogP contribution in [0.3, 0.4) is 0 Å². The molecule has 3 aromatic rings. The molecule has 9 heteroatoms. The fraction of sp³-hybridized carbons (Fsp3) is 0.227. The minimum Gasteiger partial charge on any atom is -0.484 e. The second-order valence-electron chi connectivity index (χ2n) is 6.85. The van der Waals surface area contributed by atoms with Gasteiger partial charge in [0, 0.05) is 22.5 Å². The highest BCUT2D eigenvalue weighted by molar-refractivity contribution is 7.14. The number of carbonyl (C=O) groups excluding carboxylic acids is 2. The molecule has 2 amide bonds. The van der Waals surface area contributed by atoms with E-state index >= 15 is 0 Å². The van der Waals surface area contributed by atoms with Crippen LogP contribution in [0.5, 0.6) is 11.5 Å². The normalized spacial score (nSPS) is 12.8. The fourth-order valence-electron chi connectivity index (χ4n) is 3.13. The van der Waals surface area contributed by atoms with E-state index in [1.54, 1.807) is 29.2 Å². The van der Waals surface area contributed by atoms with Crippen molar-refractivity contribution in [3.05, 3.63) is 52.9 Å². The van der Waals surface area contributed by atoms with Gasteiger partial charge < -0.3 is 14.4 Å². The van der Waals surface area contributed by atoms with Crippen molar-refractivity contribution >= 4 is 45.6 Å². The van der Waals surface area contributed by atoms with Crippen molar-refractivity contribution in [2.24, 2.45) is 0 Å². The van der Waals surface area contributed by atoms with Crippen LogP contribution in [0.2, 0.25) is 5.02 Å². The Bertz CT molecular complexity index is 1100. The average Bonchev–Trinajstić information content (AvgIpc) is 3.23. The molecule has 0 bridgehead atoms. The fourth-order valence-corrected chi connectivity index (χ4v) is 3.99. The largest absolute Gasteiger partial charge is 0.484 e. The number of benzene rings is 2. The van der Waals surface area contributed by atoms with E-state index in [-0.39, 0.29) is 25.0 Å². The van der Waals surface area contributed by atoms with Crippen LogP contribution in [0.25, 0.3) is 11.3 Å². The first-order valence-corrected chi connectivity index (χ1v) is 11.0. The summed E-state index contributed by atoms with van der Waals surface area (Å²) in [6.45, 7) is 2.57. The van der Waals surface area contributed by atoms with E-state index < -0.39 is 0 Å². The van der Waals surface area contributed by atoms with Gasteiger partial charge in [0.1, 0.15) is 11.5 Å². The van der Waals surface area contributed by atoms with Crippen molar-refractivity contribution in [2.75, 3.05) is 30.0 Å². The molecular weight excluding hydrogens is 438 g/mol. The number of rotatable bonds is 7. The van der Waals surface area contributed by atoms with Gasteiger partial charge in [-0.05, 0) is 48.9 Å². The van der Waals surface area contributed by atoms with E-state index in [9.17, 15) is 9.59 Å². The Morgan fingerprint density at radius 2 is 2.10 bits per heavy atom. The third-order valence-corrected chi connectivity index (χ3v) is 5.59. The molecule has 0 spiro atoms. The summed E-state index contributed by atoms with van der Waals surface area (Å²) in [5.74, 6) is 0.870. The molecular formula is C22H20ClN3O4S. The van der Waals surface area contributed by atoms with E-state index in [1.165, 1.54) is 11.3 Å². The summed E-state index contributed by atoms with van der Waals surface area (Å²) < 4.78 is 11.0. The van der Waals surface area contributed by atoms with Crippen molar-refractivity contribution < 1.29 is 19.1 Å². The zero-order valence-electron chi connectivity index (χ0n) is 16.8. The van der Waals surface area contributed by atoms with Crippen LogP contribution in [0.4, 0.5) is 10.8 Å². The van der Waals surface area contributed by atoms with Crippen molar-refractivity contribution in [2.45, 2.75) is 13.3 Å². The molecule has 0 saturated carbocycles. The predicted octanol–water partition coefficient (Wildman–Crippen LogP) is 4.62. The highest BCUT2D eigenvalue weighted by Gasteiger charge is 2.25. The molecule has 0 aliphatic carbocycles. The molecule has 2 aromatic carbocycles. The highest BCUT2D eigenvalue weighted by atomic mass is 35.5. The third kappa shape index (κ3) is 4.98. The van der Waals surface area contributed by atoms with Crippen LogP contribution in [-0.4, -0.2) is 36.6 Å². The molecule has 31 heavy (non-hydrogen) atoms. The van der Waals surface area contributed by atoms with Crippen LogP contribution < -0.4 is 19.7 Å². The van der Waals surface area contributed by atoms with Gasteiger partial charge >= 0.3 is 0 Å². The molecule has 160 valence electrons. The number of carbonyl (C=O) groups is 2. The molecule has 7 nitrogen and oxygen atoms in total. The maximum atomic E-state index is 12.2. The number of fused-ring (bicyclic) bond motifs is 1. The molecule has 4 rings (SSSR count). The number of hydrogen-bond acceptors (Lipinski definition) is 6. The quantitative estimate of drug-likeness (QED) is 0.560. The predicted molar refractivity (Wildman–Crippen MR) is 121 cm³/mol. The molecule has 0 saturated heterocycles. The van der Waals surface area contributed by atoms with Crippen LogP contribution in [0.1, 0.15) is 13.3 Å². The van der Waals surface area contributed by atoms with Gasteiger partial charge in [0.25, 0.3) is 11.8 Å². The first kappa shape index (κ1) is 21.1. The van der Waals surface area contributed by atoms with E-state index in [4.69, 9.17) is 21.1 Å². The van der Waals surface area contributed by atoms with Crippen LogP contribution in [0.15, 0.2) is 47.8 Å². The Morgan fingerprint density at radius 1 is 1.29 bits per heavy atom. The van der Waals surface area contributed by atoms with Crippen LogP contribution >= 0.6 is 22.9 Å². The lowest BCUT2D eigenvalue weighted by Crippen LogP contribution is -2.39. The zero-order valence-corrected chi connectivity index (χ0v) is 18.3. The number of nitrogens with one attached hydrogen (secondary N) is 1. The number of ether oxygens (including phenoxy) is 2. The average molecular weight is 458 g/mol. The summed E-state index contributed by atoms with van der Waals surface area (Å²) in [4.78, 5) is 30.6. The van der Waals surface area contributed by atoms with Crippen molar-refractivity contribution in [1.82, 2.24) is 4.98 Å². The van der Waals surface area contributed by atoms with E-state index in [0.717, 1.165) is 17.7 Å². The van der Waals surface area contributed by atoms with E-state index in [1.807, 2.05) is 30.5 Å². The van der Waals surface area contributed by atoms with Gasteiger partial charge in [0.15, 0.2) is 18.3 Å². The third-order valence-electron chi connectivity index (χ3n) is 4.58. The monoisotopic (exact) mass is 457 g/mol. The van der Waals surface area contributed by atoms with Crippen molar-refractivity contribution in [3.8, 4) is 22.8 Å². The van der Waals surface area contributed by atoms with Gasteiger partial charge in [-0.15, -0.1) is 11.3 Å². The topological polar surface area (TPSA) is 80.8 Å². The Balaban J connectivity index is 1.43. The number of hydrogen-bond donors (Lipinski definition) is 1. The summed E-state index contributed by atoms with van der Waals surface area (Å²) in [5, 5.41) is 5.66. The van der Waals surface area contributed by atoms with Gasteiger partial charge in [-0.1, -0.05) is 18.5 Å². The van der Waals surface area contributed by atoms with Gasteiger partial charge in [0.2, 0.25) is 0 Å². The minimum atomic E-state index is -0.311. The molecule has 1 aromatic heterocycles. The number of amides is 2. The SMILES string of the molecule is CCCN1C(=O)COc2ccc(-c3csc(NC(=O)COc4ccc(Cl)cc4)n3)cc21. The summed E-state index contributed by atoms with van der Waals surface area (Å²) in [7, 11) is 0. The van der Waals surface area contributed by atoms with E-state index in [2.05, 4.69) is 10.3 Å². The van der Waals surface area contributed by atoms with Crippen molar-refractivity contribution in [1.29, 1.82) is 0 Å². The number of halogens is 1. The molecule has 0 atom stereocenters. The van der Waals surface area contributed by atoms with Gasteiger partial charge in [-0.3, -0.25) is 14.9 Å². The Labute approximate surface area is 188 Å². The van der Waals surface area contributed by atoms with Crippen LogP contribution in [-0.2, 0) is 9.59 Å². The Hall–Kier alpha value is -3.10. The maximum Gasteiger partial charge on any atom is 0.265 e. The lowest BCUT2D eigenvalue weighted by atomic mass is 10.1. The minimum absolute atomic E-state index is 0.0529. The molecule has 0 fully saturated rings. The molecule has 1 N–H and O–H groups in total. The number of aromatic nitrogens is 1. The maximum absolute atomic E-state index is 12.2. The van der Waals surface area contributed by atoms with E-state index in [0.29, 0.717) is 33.9 Å². The Morgan fingerprint density at radius 3 is 2.87 bits per heavy atom.